The fourth-order valence-corrected chi connectivity index (χ4v) is 9.06. The molecule has 28 heteroatoms. The number of fused-ring (bicyclic) bond motifs is 3. The molecule has 6 amide bonds. The van der Waals surface area contributed by atoms with Crippen LogP contribution in [0.1, 0.15) is 61.1 Å². The smallest absolute Gasteiger partial charge is 0.407 e. The van der Waals surface area contributed by atoms with Gasteiger partial charge in [-0.3, -0.25) is 24.0 Å². The monoisotopic (exact) mass is 1310 g/mol. The number of carboxylic acid groups (broad SMARTS) is 1. The molecule has 1 aliphatic rings. The van der Waals surface area contributed by atoms with E-state index in [4.69, 9.17) is 71.4 Å². The van der Waals surface area contributed by atoms with Gasteiger partial charge in [0.1, 0.15) is 26.0 Å². The topological polar surface area (TPSA) is 341 Å². The van der Waals surface area contributed by atoms with E-state index < -0.39 is 73.4 Å². The summed E-state index contributed by atoms with van der Waals surface area (Å²) in [5.74, 6) is -4.00. The van der Waals surface area contributed by atoms with Crippen LogP contribution in [0.3, 0.4) is 0 Å². The highest BCUT2D eigenvalue weighted by Crippen LogP contribution is 2.44. The van der Waals surface area contributed by atoms with Crippen LogP contribution in [0.2, 0.25) is 0 Å². The van der Waals surface area contributed by atoms with E-state index in [0.717, 1.165) is 27.8 Å². The quantitative estimate of drug-likeness (QED) is 0.0315. The Hall–Kier alpha value is -6.77. The van der Waals surface area contributed by atoms with Crippen molar-refractivity contribution >= 4 is 41.6 Å². The first-order valence-corrected chi connectivity index (χ1v) is 31.7. The average molecular weight is 1320 g/mol. The number of unbranched alkanes of at least 4 members (excludes halogenated alkanes) is 1. The summed E-state index contributed by atoms with van der Waals surface area (Å²) < 4.78 is 75.9. The van der Waals surface area contributed by atoms with Crippen LogP contribution in [0.5, 0.6) is 0 Å². The molecule has 28 nitrogen and oxygen atoms in total. The highest BCUT2D eigenvalue weighted by Gasteiger charge is 2.29. The van der Waals surface area contributed by atoms with Crippen LogP contribution < -0.4 is 31.9 Å². The normalized spacial score (nSPS) is 12.3. The van der Waals surface area contributed by atoms with Crippen LogP contribution in [-0.2, 0) is 102 Å². The van der Waals surface area contributed by atoms with Crippen molar-refractivity contribution in [3.63, 3.8) is 0 Å². The van der Waals surface area contributed by atoms with Crippen molar-refractivity contribution in [3.8, 4) is 11.1 Å². The van der Waals surface area contributed by atoms with Gasteiger partial charge in [-0.2, -0.15) is 0 Å². The van der Waals surface area contributed by atoms with Gasteiger partial charge in [0, 0.05) is 38.5 Å². The molecule has 0 fully saturated rings. The molecule has 0 unspecified atom stereocenters. The fraction of sp³-hybridized carbons (Fsp3) is 0.615. The Balaban J connectivity index is 1.04. The molecule has 7 N–H and O–H groups in total. The van der Waals surface area contributed by atoms with Crippen molar-refractivity contribution in [2.45, 2.75) is 62.9 Å². The molecule has 0 bridgehead atoms. The van der Waals surface area contributed by atoms with E-state index in [-0.39, 0.29) is 71.3 Å². The van der Waals surface area contributed by atoms with E-state index in [1.54, 1.807) is 7.11 Å². The zero-order valence-corrected chi connectivity index (χ0v) is 53.7. The number of ether oxygens (including phenoxy) is 14. The zero-order chi connectivity index (χ0) is 66.5. The number of nitrogens with one attached hydrogen (secondary N) is 6. The fourth-order valence-electron chi connectivity index (χ4n) is 9.06. The summed E-state index contributed by atoms with van der Waals surface area (Å²) in [5, 5.41) is 24.6. The van der Waals surface area contributed by atoms with Gasteiger partial charge in [0.25, 0.3) is 0 Å². The Kier molecular flexibility index (Phi) is 44.5. The molecule has 0 aromatic heterocycles. The van der Waals surface area contributed by atoms with Crippen LogP contribution in [-0.4, -0.2) is 257 Å². The Labute approximate surface area is 545 Å². The summed E-state index contributed by atoms with van der Waals surface area (Å²) in [6, 6.07) is 23.8. The predicted octanol–water partition coefficient (Wildman–Crippen LogP) is 2.31. The van der Waals surface area contributed by atoms with Gasteiger partial charge in [-0.25, -0.2) is 9.59 Å². The summed E-state index contributed by atoms with van der Waals surface area (Å²) in [6.07, 6.45) is 0.952. The number of rotatable bonds is 59. The Morgan fingerprint density at radius 3 is 1.40 bits per heavy atom. The van der Waals surface area contributed by atoms with Crippen LogP contribution in [0.15, 0.2) is 78.9 Å². The number of benzene rings is 3. The number of alkyl carbamates (subject to hydrolysis) is 1. The summed E-state index contributed by atoms with van der Waals surface area (Å²) in [6.45, 7) is 8.21. The molecular weight excluding hydrogens is 1220 g/mol. The minimum atomic E-state index is -1.18. The summed E-state index contributed by atoms with van der Waals surface area (Å²) >= 11 is 0. The largest absolute Gasteiger partial charge is 0.480 e. The van der Waals surface area contributed by atoms with E-state index >= 15 is 0 Å². The maximum absolute atomic E-state index is 13.5. The number of methoxy groups -OCH3 is 1. The first-order chi connectivity index (χ1) is 45.5. The van der Waals surface area contributed by atoms with Gasteiger partial charge in [0.2, 0.25) is 29.5 Å². The second-order valence-electron chi connectivity index (χ2n) is 20.8. The van der Waals surface area contributed by atoms with Crippen LogP contribution >= 0.6 is 0 Å². The Bertz CT molecular complexity index is 2470. The van der Waals surface area contributed by atoms with E-state index in [2.05, 4.69) is 44.0 Å². The van der Waals surface area contributed by atoms with Gasteiger partial charge in [-0.15, -0.1) is 0 Å². The SMILES string of the molecule is COCCOCCOCCOCCOCCOCCOCCOCCOCCOCCOCCOCCC(=O)N[C@@H](CCCCNC(=O)OCC1c2ccccc2-c2ccccc21)C(=O)NCC(=O)NCC(=O)N[C@@H](CCC(=O)NCOCC(=O)O)Cc1ccccc1. The molecule has 0 radical (unpaired) electrons. The molecule has 4 rings (SSSR count). The third kappa shape index (κ3) is 38.9. The van der Waals surface area contributed by atoms with Gasteiger partial charge < -0.3 is 103 Å². The summed E-state index contributed by atoms with van der Waals surface area (Å²) in [7, 11) is 1.63. The van der Waals surface area contributed by atoms with Crippen molar-refractivity contribution in [2.24, 2.45) is 0 Å². The number of carboxylic acids is 1. The van der Waals surface area contributed by atoms with Gasteiger partial charge in [0.05, 0.1) is 165 Å². The molecule has 0 saturated heterocycles. The molecule has 520 valence electrons. The number of hydrogen-bond acceptors (Lipinski definition) is 21. The second-order valence-corrected chi connectivity index (χ2v) is 20.8. The second kappa shape index (κ2) is 52.6. The molecule has 3 aromatic carbocycles. The maximum atomic E-state index is 13.5. The van der Waals surface area contributed by atoms with Crippen LogP contribution in [0.4, 0.5) is 4.79 Å². The molecule has 0 spiro atoms. The highest BCUT2D eigenvalue weighted by atomic mass is 16.6. The summed E-state index contributed by atoms with van der Waals surface area (Å²) in [4.78, 5) is 88.6. The van der Waals surface area contributed by atoms with E-state index in [1.807, 2.05) is 66.7 Å². The lowest BCUT2D eigenvalue weighted by molar-refractivity contribution is -0.143. The predicted molar refractivity (Wildman–Crippen MR) is 338 cm³/mol. The third-order valence-electron chi connectivity index (χ3n) is 13.7. The highest BCUT2D eigenvalue weighted by molar-refractivity contribution is 5.91. The first-order valence-electron chi connectivity index (χ1n) is 31.7. The number of amides is 6. The van der Waals surface area contributed by atoms with Crippen molar-refractivity contribution in [1.82, 2.24) is 31.9 Å². The zero-order valence-electron chi connectivity index (χ0n) is 53.7. The van der Waals surface area contributed by atoms with Crippen LogP contribution in [0.25, 0.3) is 11.1 Å². The first kappa shape index (κ1) is 78.7. The lowest BCUT2D eigenvalue weighted by Crippen LogP contribution is -2.50. The molecule has 2 atom stereocenters. The van der Waals surface area contributed by atoms with Gasteiger partial charge in [0.15, 0.2) is 0 Å². The lowest BCUT2D eigenvalue weighted by Gasteiger charge is -2.20. The van der Waals surface area contributed by atoms with Gasteiger partial charge >= 0.3 is 12.1 Å². The van der Waals surface area contributed by atoms with E-state index in [1.165, 1.54) is 0 Å². The molecular formula is C65H98N6O22. The Morgan fingerprint density at radius 2 is 0.903 bits per heavy atom. The molecule has 1 aliphatic carbocycles. The molecule has 3 aromatic rings. The number of carbonyl (C=O) groups excluding carboxylic acids is 6. The van der Waals surface area contributed by atoms with Gasteiger partial charge in [-0.1, -0.05) is 78.9 Å². The van der Waals surface area contributed by atoms with E-state index in [0.29, 0.717) is 151 Å². The standard InChI is InChI=1S/C65H98N6O22/c1-80-23-24-82-27-28-84-31-32-86-35-36-88-39-40-90-43-44-91-42-41-89-38-37-87-34-33-85-30-29-83-26-25-81-22-20-60(73)71-58(17-9-10-21-66-65(79)93-48-57-55-15-7-5-13-53(55)54-14-6-8-16-56(54)57)64(78)68-46-61(74)67-47-62(75)70-52(45-51-11-3-2-4-12-51)18-19-59(72)69-50-92-49-63(76)77/h2-8,11-16,52,57-58H,9-10,17-50H2,1H3,(H,66,79)(H,67,74)(H,68,78)(H,69,72)(H,70,75)(H,71,73)(H,76,77)/t52-,58-/m0/s1. The van der Waals surface area contributed by atoms with Crippen molar-refractivity contribution in [1.29, 1.82) is 0 Å². The van der Waals surface area contributed by atoms with Crippen molar-refractivity contribution < 1.29 is 105 Å². The van der Waals surface area contributed by atoms with Crippen LogP contribution in [0, 0.1) is 0 Å². The molecule has 0 saturated carbocycles. The van der Waals surface area contributed by atoms with Crippen molar-refractivity contribution in [2.75, 3.05) is 199 Å². The summed E-state index contributed by atoms with van der Waals surface area (Å²) in [5.41, 5.74) is 5.30. The van der Waals surface area contributed by atoms with Crippen molar-refractivity contribution in [3.05, 3.63) is 95.6 Å². The third-order valence-corrected chi connectivity index (χ3v) is 13.7. The number of aliphatic carboxylic acids is 1. The minimum absolute atomic E-state index is 0.00295. The molecule has 93 heavy (non-hydrogen) atoms. The van der Waals surface area contributed by atoms with Gasteiger partial charge in [-0.05, 0) is 59.9 Å². The number of carbonyl (C=O) groups is 7. The number of hydrogen-bond donors (Lipinski definition) is 7. The lowest BCUT2D eigenvalue weighted by atomic mass is 9.98. The maximum Gasteiger partial charge on any atom is 0.407 e. The average Bonchev–Trinajstić information content (AvgIpc) is 1.63. The minimum Gasteiger partial charge on any atom is -0.480 e. The van der Waals surface area contributed by atoms with E-state index in [9.17, 15) is 33.6 Å². The molecule has 0 heterocycles. The molecule has 0 aliphatic heterocycles. The Morgan fingerprint density at radius 1 is 0.441 bits per heavy atom.